The second kappa shape index (κ2) is 12.6. The first-order valence-electron chi connectivity index (χ1n) is 11.5. The topological polar surface area (TPSA) is 86.8 Å². The van der Waals surface area contributed by atoms with Crippen molar-refractivity contribution in [2.45, 2.75) is 30.8 Å². The molecule has 3 aromatic rings. The van der Waals surface area contributed by atoms with Crippen molar-refractivity contribution in [2.24, 2.45) is 0 Å². The fourth-order valence-electron chi connectivity index (χ4n) is 3.81. The number of hydrogen-bond donors (Lipinski definition) is 1. The van der Waals surface area contributed by atoms with Crippen molar-refractivity contribution >= 4 is 45.0 Å². The summed E-state index contributed by atoms with van der Waals surface area (Å²) in [6, 6.07) is 19.7. The minimum Gasteiger partial charge on any atom is -0.357 e. The van der Waals surface area contributed by atoms with Crippen molar-refractivity contribution < 1.29 is 18.0 Å². The minimum absolute atomic E-state index is 0.0268. The Morgan fingerprint density at radius 2 is 1.57 bits per heavy atom. The van der Waals surface area contributed by atoms with Crippen LogP contribution >= 0.6 is 23.2 Å². The fourth-order valence-corrected chi connectivity index (χ4v) is 5.25. The molecular formula is C27H29Cl2N3O4S. The predicted octanol–water partition coefficient (Wildman–Crippen LogP) is 4.31. The maximum Gasteiger partial charge on any atom is 0.243 e. The summed E-state index contributed by atoms with van der Waals surface area (Å²) >= 11 is 12.3. The Bertz CT molecular complexity index is 1350. The van der Waals surface area contributed by atoms with E-state index < -0.39 is 28.5 Å². The summed E-state index contributed by atoms with van der Waals surface area (Å²) in [5, 5.41) is 3.30. The van der Waals surface area contributed by atoms with Gasteiger partial charge in [0.1, 0.15) is 6.04 Å². The number of carbonyl (C=O) groups is 2. The van der Waals surface area contributed by atoms with Crippen LogP contribution in [0.3, 0.4) is 0 Å². The lowest BCUT2D eigenvalue weighted by atomic mass is 10.0. The molecule has 2 amide bonds. The van der Waals surface area contributed by atoms with Crippen LogP contribution in [-0.4, -0.2) is 56.1 Å². The highest BCUT2D eigenvalue weighted by Crippen LogP contribution is 2.25. The second-order valence-corrected chi connectivity index (χ2v) is 11.5. The highest BCUT2D eigenvalue weighted by Gasteiger charge is 2.32. The van der Waals surface area contributed by atoms with E-state index in [0.717, 1.165) is 15.4 Å². The summed E-state index contributed by atoms with van der Waals surface area (Å²) in [6.45, 7) is 1.43. The first-order chi connectivity index (χ1) is 17.5. The van der Waals surface area contributed by atoms with Crippen LogP contribution in [0.2, 0.25) is 10.0 Å². The van der Waals surface area contributed by atoms with Crippen molar-refractivity contribution in [1.82, 2.24) is 14.5 Å². The first kappa shape index (κ1) is 28.7. The van der Waals surface area contributed by atoms with E-state index >= 15 is 0 Å². The standard InChI is InChI=1S/C27H29Cl2N3O4S/c1-19-9-12-22(13-10-19)37(35,36)31(3)18-26(33)32(17-21-11-14-23(28)24(29)15-21)25(27(34)30-2)16-20-7-5-4-6-8-20/h4-15,25H,16-18H2,1-3H3,(H,30,34)/t25-/m1/s1. The Morgan fingerprint density at radius 3 is 2.16 bits per heavy atom. The van der Waals surface area contributed by atoms with Gasteiger partial charge in [0.2, 0.25) is 21.8 Å². The van der Waals surface area contributed by atoms with Crippen LogP contribution in [0.4, 0.5) is 0 Å². The lowest BCUT2D eigenvalue weighted by Gasteiger charge is -2.32. The summed E-state index contributed by atoms with van der Waals surface area (Å²) < 4.78 is 27.3. The number of sulfonamides is 1. The van der Waals surface area contributed by atoms with Crippen LogP contribution in [0.15, 0.2) is 77.7 Å². The largest absolute Gasteiger partial charge is 0.357 e. The van der Waals surface area contributed by atoms with Gasteiger partial charge in [-0.25, -0.2) is 8.42 Å². The van der Waals surface area contributed by atoms with Crippen molar-refractivity contribution in [3.63, 3.8) is 0 Å². The molecule has 0 heterocycles. The molecule has 0 aromatic heterocycles. The zero-order valence-electron chi connectivity index (χ0n) is 20.8. The Kier molecular flexibility index (Phi) is 9.73. The van der Waals surface area contributed by atoms with Crippen LogP contribution in [0.25, 0.3) is 0 Å². The van der Waals surface area contributed by atoms with Gasteiger partial charge in [-0.05, 0) is 42.3 Å². The van der Waals surface area contributed by atoms with Gasteiger partial charge in [0.25, 0.3) is 0 Å². The van der Waals surface area contributed by atoms with E-state index in [1.807, 2.05) is 37.3 Å². The lowest BCUT2D eigenvalue weighted by Crippen LogP contribution is -2.52. The molecule has 0 spiro atoms. The summed E-state index contributed by atoms with van der Waals surface area (Å²) in [4.78, 5) is 28.2. The molecule has 0 aliphatic rings. The third-order valence-electron chi connectivity index (χ3n) is 5.94. The van der Waals surface area contributed by atoms with Gasteiger partial charge in [0, 0.05) is 27.1 Å². The zero-order valence-corrected chi connectivity index (χ0v) is 23.1. The van der Waals surface area contributed by atoms with Crippen molar-refractivity contribution in [1.29, 1.82) is 0 Å². The van der Waals surface area contributed by atoms with Gasteiger partial charge >= 0.3 is 0 Å². The Morgan fingerprint density at radius 1 is 0.919 bits per heavy atom. The minimum atomic E-state index is -3.93. The van der Waals surface area contributed by atoms with Gasteiger partial charge in [0.05, 0.1) is 21.5 Å². The molecule has 0 saturated carbocycles. The van der Waals surface area contributed by atoms with Crippen LogP contribution in [0.5, 0.6) is 0 Å². The van der Waals surface area contributed by atoms with Crippen LogP contribution < -0.4 is 5.32 Å². The van der Waals surface area contributed by atoms with Crippen LogP contribution in [0.1, 0.15) is 16.7 Å². The third-order valence-corrected chi connectivity index (χ3v) is 8.50. The molecule has 0 unspecified atom stereocenters. The van der Waals surface area contributed by atoms with Crippen molar-refractivity contribution in [2.75, 3.05) is 20.6 Å². The van der Waals surface area contributed by atoms with Crippen molar-refractivity contribution in [3.05, 3.63) is 99.5 Å². The molecule has 0 aliphatic carbocycles. The molecule has 0 radical (unpaired) electrons. The van der Waals surface area contributed by atoms with E-state index in [9.17, 15) is 18.0 Å². The molecule has 37 heavy (non-hydrogen) atoms. The predicted molar refractivity (Wildman–Crippen MR) is 146 cm³/mol. The maximum absolute atomic E-state index is 13.7. The van der Waals surface area contributed by atoms with E-state index in [-0.39, 0.29) is 23.8 Å². The number of benzene rings is 3. The summed E-state index contributed by atoms with van der Waals surface area (Å²) in [5.41, 5.74) is 2.41. The van der Waals surface area contributed by atoms with Gasteiger partial charge in [-0.2, -0.15) is 4.31 Å². The smallest absolute Gasteiger partial charge is 0.243 e. The molecule has 7 nitrogen and oxygen atoms in total. The molecule has 0 bridgehead atoms. The molecular weight excluding hydrogens is 533 g/mol. The molecule has 10 heteroatoms. The molecule has 0 saturated heterocycles. The lowest BCUT2D eigenvalue weighted by molar-refractivity contribution is -0.141. The molecule has 0 aliphatic heterocycles. The number of likely N-dealkylation sites (N-methyl/N-ethyl adjacent to an activating group) is 2. The van der Waals surface area contributed by atoms with E-state index in [2.05, 4.69) is 5.32 Å². The van der Waals surface area contributed by atoms with Crippen LogP contribution in [0, 0.1) is 6.92 Å². The van der Waals surface area contributed by atoms with Crippen molar-refractivity contribution in [3.8, 4) is 0 Å². The number of nitrogens with one attached hydrogen (secondary N) is 1. The molecule has 1 N–H and O–H groups in total. The van der Waals surface area contributed by atoms with Gasteiger partial charge < -0.3 is 10.2 Å². The van der Waals surface area contributed by atoms with Crippen LogP contribution in [-0.2, 0) is 32.6 Å². The van der Waals surface area contributed by atoms with Gasteiger partial charge in [-0.15, -0.1) is 0 Å². The van der Waals surface area contributed by atoms with E-state index in [0.29, 0.717) is 15.6 Å². The summed E-state index contributed by atoms with van der Waals surface area (Å²) in [5.74, 6) is -0.907. The Balaban J connectivity index is 1.95. The Labute approximate surface area is 228 Å². The van der Waals surface area contributed by atoms with E-state index in [1.54, 1.807) is 30.3 Å². The Hall–Kier alpha value is -2.91. The first-order valence-corrected chi connectivity index (χ1v) is 13.7. The maximum atomic E-state index is 13.7. The molecule has 0 fully saturated rings. The van der Waals surface area contributed by atoms with Gasteiger partial charge in [-0.3, -0.25) is 9.59 Å². The fraction of sp³-hybridized carbons (Fsp3) is 0.259. The number of amides is 2. The van der Waals surface area contributed by atoms with E-state index in [4.69, 9.17) is 23.2 Å². The average Bonchev–Trinajstić information content (AvgIpc) is 2.88. The number of nitrogens with zero attached hydrogens (tertiary/aromatic N) is 2. The van der Waals surface area contributed by atoms with E-state index in [1.165, 1.54) is 31.1 Å². The summed E-state index contributed by atoms with van der Waals surface area (Å²) in [7, 11) is -1.09. The monoisotopic (exact) mass is 561 g/mol. The molecule has 196 valence electrons. The SMILES string of the molecule is CNC(=O)[C@@H](Cc1ccccc1)N(Cc1ccc(Cl)c(Cl)c1)C(=O)CN(C)S(=O)(=O)c1ccc(C)cc1. The van der Waals surface area contributed by atoms with Gasteiger partial charge in [0.15, 0.2) is 0 Å². The third kappa shape index (κ3) is 7.32. The summed E-state index contributed by atoms with van der Waals surface area (Å²) in [6.07, 6.45) is 0.238. The number of aryl methyl sites for hydroxylation is 1. The molecule has 3 aromatic carbocycles. The normalized spacial score (nSPS) is 12.3. The number of hydrogen-bond acceptors (Lipinski definition) is 4. The highest BCUT2D eigenvalue weighted by molar-refractivity contribution is 7.89. The second-order valence-electron chi connectivity index (χ2n) is 8.66. The highest BCUT2D eigenvalue weighted by atomic mass is 35.5. The number of halogens is 2. The number of rotatable bonds is 10. The zero-order chi connectivity index (χ0) is 27.2. The number of carbonyl (C=O) groups excluding carboxylic acids is 2. The molecule has 3 rings (SSSR count). The molecule has 1 atom stereocenters. The van der Waals surface area contributed by atoms with Gasteiger partial charge in [-0.1, -0.05) is 77.3 Å². The quantitative estimate of drug-likeness (QED) is 0.399. The average molecular weight is 563 g/mol.